The van der Waals surface area contributed by atoms with Crippen LogP contribution in [0.4, 0.5) is 0 Å². The minimum atomic E-state index is -0.0830. The molecule has 0 bridgehead atoms. The molecule has 1 aromatic carbocycles. The molecular formula is C16H15ClO2. The van der Waals surface area contributed by atoms with Crippen LogP contribution < -0.4 is 0 Å². The molecule has 0 spiro atoms. The summed E-state index contributed by atoms with van der Waals surface area (Å²) in [4.78, 5) is 11.9. The van der Waals surface area contributed by atoms with E-state index < -0.39 is 0 Å². The largest absolute Gasteiger partial charge is 0.373 e. The monoisotopic (exact) mass is 274 g/mol. The van der Waals surface area contributed by atoms with Gasteiger partial charge in [0.1, 0.15) is 5.78 Å². The fraction of sp³-hybridized carbons (Fsp3) is 0.312. The first-order valence-electron chi connectivity index (χ1n) is 6.48. The van der Waals surface area contributed by atoms with Crippen molar-refractivity contribution < 1.29 is 9.53 Å². The van der Waals surface area contributed by atoms with Crippen LogP contribution in [-0.2, 0) is 9.53 Å². The summed E-state index contributed by atoms with van der Waals surface area (Å²) in [5, 5.41) is 0.792. The Kier molecular flexibility index (Phi) is 3.54. The molecular weight excluding hydrogens is 260 g/mol. The second kappa shape index (κ2) is 5.32. The number of carbonyl (C=O) groups is 1. The quantitative estimate of drug-likeness (QED) is 0.822. The molecule has 1 aromatic rings. The van der Waals surface area contributed by atoms with Crippen molar-refractivity contribution in [3.8, 4) is 0 Å². The van der Waals surface area contributed by atoms with Crippen LogP contribution in [0, 0.1) is 0 Å². The Morgan fingerprint density at radius 3 is 2.63 bits per heavy atom. The Morgan fingerprint density at radius 2 is 1.95 bits per heavy atom. The Labute approximate surface area is 117 Å². The zero-order valence-electron chi connectivity index (χ0n) is 10.6. The minimum Gasteiger partial charge on any atom is -0.373 e. The van der Waals surface area contributed by atoms with Crippen molar-refractivity contribution in [1.82, 2.24) is 0 Å². The minimum absolute atomic E-state index is 0.0830. The molecule has 98 valence electrons. The normalized spacial score (nSPS) is 23.2. The first-order chi connectivity index (χ1) is 9.24. The highest BCUT2D eigenvalue weighted by Gasteiger charge is 2.24. The van der Waals surface area contributed by atoms with Gasteiger partial charge in [0.2, 0.25) is 0 Å². The van der Waals surface area contributed by atoms with Gasteiger partial charge >= 0.3 is 0 Å². The number of hydrogen-bond donors (Lipinski definition) is 0. The summed E-state index contributed by atoms with van der Waals surface area (Å²) in [6.07, 6.45) is 4.99. The van der Waals surface area contributed by atoms with Crippen LogP contribution in [0.2, 0.25) is 0 Å². The Bertz CT molecular complexity index is 555. The molecule has 2 aliphatic rings. The average Bonchev–Trinajstić information content (AvgIpc) is 2.96. The molecule has 3 rings (SSSR count). The second-order valence-electron chi connectivity index (χ2n) is 4.94. The lowest BCUT2D eigenvalue weighted by Crippen LogP contribution is -2.15. The van der Waals surface area contributed by atoms with Crippen molar-refractivity contribution in [3.05, 3.63) is 52.6 Å². The van der Waals surface area contributed by atoms with Crippen molar-refractivity contribution in [2.45, 2.75) is 18.8 Å². The van der Waals surface area contributed by atoms with Crippen LogP contribution in [0.3, 0.4) is 0 Å². The van der Waals surface area contributed by atoms with Crippen molar-refractivity contribution >= 4 is 23.0 Å². The Morgan fingerprint density at radius 1 is 1.16 bits per heavy atom. The summed E-state index contributed by atoms with van der Waals surface area (Å²) in [5.41, 5.74) is 3.45. The maximum atomic E-state index is 11.9. The molecule has 1 unspecified atom stereocenters. The Hall–Kier alpha value is -1.38. The van der Waals surface area contributed by atoms with Crippen LogP contribution in [0.1, 0.15) is 29.9 Å². The van der Waals surface area contributed by atoms with Crippen LogP contribution in [0.5, 0.6) is 0 Å². The highest BCUT2D eigenvalue weighted by Crippen LogP contribution is 2.32. The topological polar surface area (TPSA) is 26.3 Å². The van der Waals surface area contributed by atoms with Gasteiger partial charge in [0.05, 0.1) is 13.2 Å². The van der Waals surface area contributed by atoms with Crippen molar-refractivity contribution in [2.75, 3.05) is 13.2 Å². The molecule has 0 saturated heterocycles. The van der Waals surface area contributed by atoms with Gasteiger partial charge < -0.3 is 4.74 Å². The molecule has 0 amide bonds. The number of rotatable bonds is 2. The highest BCUT2D eigenvalue weighted by molar-refractivity contribution is 6.30. The molecule has 1 aliphatic carbocycles. The average molecular weight is 275 g/mol. The maximum absolute atomic E-state index is 11.9. The molecule has 1 atom stereocenters. The van der Waals surface area contributed by atoms with Gasteiger partial charge in [-0.15, -0.1) is 0 Å². The summed E-state index contributed by atoms with van der Waals surface area (Å²) in [6.45, 7) is 1.37. The first-order valence-corrected chi connectivity index (χ1v) is 6.86. The first kappa shape index (κ1) is 12.6. The number of ether oxygens (including phenoxy) is 1. The second-order valence-corrected chi connectivity index (χ2v) is 5.43. The third kappa shape index (κ3) is 2.65. The fourth-order valence-electron chi connectivity index (χ4n) is 2.57. The molecule has 1 heterocycles. The van der Waals surface area contributed by atoms with Gasteiger partial charge in [0.25, 0.3) is 0 Å². The van der Waals surface area contributed by atoms with E-state index in [-0.39, 0.29) is 11.7 Å². The van der Waals surface area contributed by atoms with E-state index in [4.69, 9.17) is 16.3 Å². The van der Waals surface area contributed by atoms with Crippen LogP contribution in [0.25, 0.3) is 5.57 Å². The summed E-state index contributed by atoms with van der Waals surface area (Å²) in [5.74, 6) is 0.168. The molecule has 2 nitrogen and oxygen atoms in total. The summed E-state index contributed by atoms with van der Waals surface area (Å²) in [6, 6.07) is 8.20. The number of allylic oxidation sites excluding steroid dienone is 2. The van der Waals surface area contributed by atoms with E-state index in [1.54, 1.807) is 0 Å². The van der Waals surface area contributed by atoms with E-state index in [9.17, 15) is 4.79 Å². The van der Waals surface area contributed by atoms with Gasteiger partial charge in [-0.2, -0.15) is 0 Å². The van der Waals surface area contributed by atoms with E-state index in [0.29, 0.717) is 26.1 Å². The van der Waals surface area contributed by atoms with E-state index in [0.717, 1.165) is 10.6 Å². The molecule has 19 heavy (non-hydrogen) atoms. The van der Waals surface area contributed by atoms with Gasteiger partial charge in [-0.05, 0) is 23.1 Å². The summed E-state index contributed by atoms with van der Waals surface area (Å²) in [7, 11) is 0. The van der Waals surface area contributed by atoms with Gasteiger partial charge in [0, 0.05) is 17.4 Å². The highest BCUT2D eigenvalue weighted by atomic mass is 35.5. The SMILES string of the molecule is O=C1CC=C(Cl)CC1c1ccc(C2=CCOC2)cc1. The maximum Gasteiger partial charge on any atom is 0.144 e. The van der Waals surface area contributed by atoms with Gasteiger partial charge in [-0.25, -0.2) is 0 Å². The molecule has 1 aliphatic heterocycles. The van der Waals surface area contributed by atoms with Crippen molar-refractivity contribution in [3.63, 3.8) is 0 Å². The summed E-state index contributed by atoms with van der Waals surface area (Å²) >= 11 is 6.04. The lowest BCUT2D eigenvalue weighted by atomic mass is 9.86. The standard InChI is InChI=1S/C16H15ClO2/c17-14-5-6-16(18)15(9-14)12-3-1-11(2-4-12)13-7-8-19-10-13/h1-5,7,15H,6,8-10H2. The number of halogens is 1. The molecule has 0 saturated carbocycles. The summed E-state index contributed by atoms with van der Waals surface area (Å²) < 4.78 is 5.32. The smallest absolute Gasteiger partial charge is 0.144 e. The molecule has 0 N–H and O–H groups in total. The lowest BCUT2D eigenvalue weighted by Gasteiger charge is -2.19. The molecule has 3 heteroatoms. The van der Waals surface area contributed by atoms with Crippen LogP contribution in [-0.4, -0.2) is 19.0 Å². The van der Waals surface area contributed by atoms with E-state index in [1.165, 1.54) is 11.1 Å². The fourth-order valence-corrected chi connectivity index (χ4v) is 2.80. The number of hydrogen-bond acceptors (Lipinski definition) is 2. The number of Topliss-reactive ketones (excluding diaryl/α,β-unsaturated/α-hetero) is 1. The lowest BCUT2D eigenvalue weighted by molar-refractivity contribution is -0.119. The zero-order valence-corrected chi connectivity index (χ0v) is 11.3. The van der Waals surface area contributed by atoms with E-state index >= 15 is 0 Å². The van der Waals surface area contributed by atoms with Crippen molar-refractivity contribution in [2.24, 2.45) is 0 Å². The van der Waals surface area contributed by atoms with Crippen LogP contribution in [0.15, 0.2) is 41.4 Å². The predicted octanol–water partition coefficient (Wildman–Crippen LogP) is 3.67. The third-order valence-corrected chi connectivity index (χ3v) is 4.01. The van der Waals surface area contributed by atoms with E-state index in [2.05, 4.69) is 18.2 Å². The molecule has 0 aromatic heterocycles. The third-order valence-electron chi connectivity index (χ3n) is 3.70. The van der Waals surface area contributed by atoms with Gasteiger partial charge in [0.15, 0.2) is 0 Å². The van der Waals surface area contributed by atoms with E-state index in [1.807, 2.05) is 18.2 Å². The zero-order chi connectivity index (χ0) is 13.2. The number of benzene rings is 1. The Balaban J connectivity index is 1.82. The molecule has 0 fully saturated rings. The van der Waals surface area contributed by atoms with Gasteiger partial charge in [-0.3, -0.25) is 4.79 Å². The number of carbonyl (C=O) groups excluding carboxylic acids is 1. The molecule has 0 radical (unpaired) electrons. The number of ketones is 1. The predicted molar refractivity (Wildman–Crippen MR) is 76.2 cm³/mol. The van der Waals surface area contributed by atoms with Crippen molar-refractivity contribution in [1.29, 1.82) is 0 Å². The van der Waals surface area contributed by atoms with Crippen LogP contribution >= 0.6 is 11.6 Å². The van der Waals surface area contributed by atoms with Gasteiger partial charge in [-0.1, -0.05) is 48.0 Å².